The van der Waals surface area contributed by atoms with Gasteiger partial charge in [0.1, 0.15) is 5.82 Å². The number of β-amino-alcohol motifs (C(OH)–C–C–N with tert-alkyl or cyclic N) is 1. The highest BCUT2D eigenvalue weighted by atomic mass is 16.3. The Labute approximate surface area is 132 Å². The van der Waals surface area contributed by atoms with Crippen LogP contribution in [-0.2, 0) is 6.42 Å². The summed E-state index contributed by atoms with van der Waals surface area (Å²) in [6.45, 7) is 6.06. The van der Waals surface area contributed by atoms with Crippen LogP contribution in [-0.4, -0.2) is 33.9 Å². The highest BCUT2D eigenvalue weighted by Crippen LogP contribution is 2.27. The van der Waals surface area contributed by atoms with Gasteiger partial charge in [0.05, 0.1) is 12.1 Å². The minimum Gasteiger partial charge on any atom is -0.390 e. The molecule has 1 fully saturated rings. The molecule has 4 heteroatoms. The van der Waals surface area contributed by atoms with Crippen molar-refractivity contribution in [1.29, 1.82) is 0 Å². The first-order valence-electron chi connectivity index (χ1n) is 8.16. The summed E-state index contributed by atoms with van der Waals surface area (Å²) in [4.78, 5) is 4.52. The van der Waals surface area contributed by atoms with E-state index in [4.69, 9.17) is 0 Å². The van der Waals surface area contributed by atoms with Crippen molar-refractivity contribution in [2.24, 2.45) is 5.92 Å². The Morgan fingerprint density at radius 3 is 2.77 bits per heavy atom. The summed E-state index contributed by atoms with van der Waals surface area (Å²) in [5, 5.41) is 13.5. The normalized spacial score (nSPS) is 22.2. The molecule has 0 aliphatic carbocycles. The summed E-state index contributed by atoms with van der Waals surface area (Å²) in [6.07, 6.45) is 5.47. The van der Waals surface area contributed by atoms with E-state index in [1.807, 2.05) is 12.4 Å². The van der Waals surface area contributed by atoms with Crippen LogP contribution in [0.2, 0.25) is 0 Å². The Bertz CT molecular complexity index is 603. The molecule has 0 unspecified atom stereocenters. The Morgan fingerprint density at radius 2 is 2.09 bits per heavy atom. The number of hydrogen-bond donors (Lipinski definition) is 2. The van der Waals surface area contributed by atoms with E-state index in [1.165, 1.54) is 5.56 Å². The third kappa shape index (κ3) is 3.23. The Balaban J connectivity index is 1.85. The number of aromatic nitrogens is 2. The molecule has 3 rings (SSSR count). The first kappa shape index (κ1) is 15.3. The average Bonchev–Trinajstić information content (AvgIpc) is 2.97. The predicted molar refractivity (Wildman–Crippen MR) is 88.7 cm³/mol. The van der Waals surface area contributed by atoms with E-state index in [1.54, 1.807) is 0 Å². The number of aliphatic hydroxyl groups is 1. The van der Waals surface area contributed by atoms with Gasteiger partial charge in [-0.1, -0.05) is 38.1 Å². The molecule has 1 aliphatic rings. The Hall–Kier alpha value is -1.65. The van der Waals surface area contributed by atoms with Crippen molar-refractivity contribution >= 4 is 0 Å². The molecule has 2 N–H and O–H groups in total. The second-order valence-electron chi connectivity index (χ2n) is 6.58. The molecule has 0 saturated carbocycles. The number of imidazole rings is 1. The van der Waals surface area contributed by atoms with Crippen LogP contribution in [0.15, 0.2) is 36.7 Å². The van der Waals surface area contributed by atoms with Gasteiger partial charge in [0.15, 0.2) is 0 Å². The lowest BCUT2D eigenvalue weighted by Crippen LogP contribution is -2.41. The Morgan fingerprint density at radius 1 is 1.32 bits per heavy atom. The van der Waals surface area contributed by atoms with Crippen LogP contribution in [0.1, 0.15) is 31.9 Å². The number of nitrogens with one attached hydrogen (secondary N) is 1. The van der Waals surface area contributed by atoms with Crippen molar-refractivity contribution in [1.82, 2.24) is 14.9 Å². The zero-order chi connectivity index (χ0) is 15.5. The number of piperidine rings is 1. The van der Waals surface area contributed by atoms with Crippen molar-refractivity contribution in [2.75, 3.05) is 13.1 Å². The number of aliphatic hydroxyl groups excluding tert-OH is 1. The van der Waals surface area contributed by atoms with Gasteiger partial charge in [-0.15, -0.1) is 0 Å². The van der Waals surface area contributed by atoms with Gasteiger partial charge >= 0.3 is 0 Å². The summed E-state index contributed by atoms with van der Waals surface area (Å²) in [5.74, 6) is 1.61. The van der Waals surface area contributed by atoms with Gasteiger partial charge in [0, 0.05) is 24.5 Å². The lowest BCUT2D eigenvalue weighted by Gasteiger charge is -2.30. The summed E-state index contributed by atoms with van der Waals surface area (Å²) in [7, 11) is 0. The molecular formula is C18H25N3O. The van der Waals surface area contributed by atoms with Crippen LogP contribution in [0.5, 0.6) is 0 Å². The fourth-order valence-electron chi connectivity index (χ4n) is 3.22. The summed E-state index contributed by atoms with van der Waals surface area (Å²) in [5.41, 5.74) is 2.47. The maximum atomic E-state index is 10.2. The molecule has 1 aromatic carbocycles. The number of rotatable bonds is 4. The highest BCUT2D eigenvalue weighted by molar-refractivity contribution is 5.56. The standard InChI is InChI=1S/C18H25N3O/c1-13(2)11-14-3-5-15(6-4-14)18-20-9-10-21(18)16-7-8-19-12-17(16)22/h3-6,9-10,13,16-17,19,22H,7-8,11-12H2,1-2H3/t16-,17-/m0/s1. The van der Waals surface area contributed by atoms with Gasteiger partial charge < -0.3 is 15.0 Å². The first-order chi connectivity index (χ1) is 10.6. The van der Waals surface area contributed by atoms with E-state index in [9.17, 15) is 5.11 Å². The van der Waals surface area contributed by atoms with Crippen molar-refractivity contribution in [3.05, 3.63) is 42.2 Å². The summed E-state index contributed by atoms with van der Waals surface area (Å²) >= 11 is 0. The first-order valence-corrected chi connectivity index (χ1v) is 8.16. The zero-order valence-corrected chi connectivity index (χ0v) is 13.4. The van der Waals surface area contributed by atoms with Gasteiger partial charge in [-0.2, -0.15) is 0 Å². The van der Waals surface area contributed by atoms with Crippen molar-refractivity contribution < 1.29 is 5.11 Å². The van der Waals surface area contributed by atoms with E-state index in [-0.39, 0.29) is 12.1 Å². The molecule has 0 bridgehead atoms. The minimum absolute atomic E-state index is 0.106. The van der Waals surface area contributed by atoms with Crippen molar-refractivity contribution in [3.63, 3.8) is 0 Å². The fourth-order valence-corrected chi connectivity index (χ4v) is 3.22. The molecule has 4 nitrogen and oxygen atoms in total. The molecule has 1 aromatic heterocycles. The molecule has 0 spiro atoms. The number of benzene rings is 1. The van der Waals surface area contributed by atoms with Crippen molar-refractivity contribution in [2.45, 2.75) is 38.8 Å². The molecule has 0 amide bonds. The smallest absolute Gasteiger partial charge is 0.140 e. The molecular weight excluding hydrogens is 274 g/mol. The van der Waals surface area contributed by atoms with Gasteiger partial charge in [0.25, 0.3) is 0 Å². The van der Waals surface area contributed by atoms with E-state index in [0.717, 1.165) is 30.8 Å². The molecule has 22 heavy (non-hydrogen) atoms. The van der Waals surface area contributed by atoms with Crippen LogP contribution < -0.4 is 5.32 Å². The fraction of sp³-hybridized carbons (Fsp3) is 0.500. The van der Waals surface area contributed by atoms with Crippen LogP contribution in [0.25, 0.3) is 11.4 Å². The quantitative estimate of drug-likeness (QED) is 0.912. The Kier molecular flexibility index (Phi) is 4.60. The molecule has 0 radical (unpaired) electrons. The molecule has 2 aromatic rings. The summed E-state index contributed by atoms with van der Waals surface area (Å²) in [6, 6.07) is 8.77. The average molecular weight is 299 g/mol. The van der Waals surface area contributed by atoms with Crippen LogP contribution in [0.3, 0.4) is 0 Å². The second-order valence-corrected chi connectivity index (χ2v) is 6.58. The third-order valence-electron chi connectivity index (χ3n) is 4.30. The van der Waals surface area contributed by atoms with E-state index < -0.39 is 0 Å². The molecule has 1 aliphatic heterocycles. The van der Waals surface area contributed by atoms with Crippen LogP contribution >= 0.6 is 0 Å². The number of nitrogens with zero attached hydrogens (tertiary/aromatic N) is 2. The maximum absolute atomic E-state index is 10.2. The van der Waals surface area contributed by atoms with E-state index in [0.29, 0.717) is 12.5 Å². The van der Waals surface area contributed by atoms with E-state index in [2.05, 4.69) is 53.0 Å². The summed E-state index contributed by atoms with van der Waals surface area (Å²) < 4.78 is 2.13. The van der Waals surface area contributed by atoms with Crippen molar-refractivity contribution in [3.8, 4) is 11.4 Å². The molecule has 118 valence electrons. The lowest BCUT2D eigenvalue weighted by molar-refractivity contribution is 0.0880. The maximum Gasteiger partial charge on any atom is 0.140 e. The van der Waals surface area contributed by atoms with Gasteiger partial charge in [0.2, 0.25) is 0 Å². The second kappa shape index (κ2) is 6.63. The van der Waals surface area contributed by atoms with Gasteiger partial charge in [-0.25, -0.2) is 4.98 Å². The molecule has 2 atom stereocenters. The predicted octanol–water partition coefficient (Wildman–Crippen LogP) is 2.64. The lowest BCUT2D eigenvalue weighted by atomic mass is 10.0. The topological polar surface area (TPSA) is 50.1 Å². The highest BCUT2D eigenvalue weighted by Gasteiger charge is 2.26. The van der Waals surface area contributed by atoms with Gasteiger partial charge in [-0.3, -0.25) is 0 Å². The SMILES string of the molecule is CC(C)Cc1ccc(-c2nccn2[C@H]2CCNC[C@@H]2O)cc1. The largest absolute Gasteiger partial charge is 0.390 e. The monoisotopic (exact) mass is 299 g/mol. The minimum atomic E-state index is -0.359. The van der Waals surface area contributed by atoms with E-state index >= 15 is 0 Å². The van der Waals surface area contributed by atoms with Crippen LogP contribution in [0, 0.1) is 5.92 Å². The van der Waals surface area contributed by atoms with Crippen LogP contribution in [0.4, 0.5) is 0 Å². The number of hydrogen-bond acceptors (Lipinski definition) is 3. The van der Waals surface area contributed by atoms with Gasteiger partial charge in [-0.05, 0) is 30.9 Å². The molecule has 1 saturated heterocycles. The molecule has 2 heterocycles. The zero-order valence-electron chi connectivity index (χ0n) is 13.4. The third-order valence-corrected chi connectivity index (χ3v) is 4.30.